The maximum Gasteiger partial charge on any atom is 0.289 e. The SMILES string of the molecule is COc1ccc(C2=NN3[C@@H](C2)c2cc(Br)ccc2O[C@]32CSC(=O)N2)cc1. The van der Waals surface area contributed by atoms with Gasteiger partial charge >= 0.3 is 0 Å². The van der Waals surface area contributed by atoms with Crippen LogP contribution in [0.1, 0.15) is 23.6 Å². The van der Waals surface area contributed by atoms with Crippen LogP contribution >= 0.6 is 27.7 Å². The Morgan fingerprint density at radius 2 is 2.15 bits per heavy atom. The van der Waals surface area contributed by atoms with Crippen molar-refractivity contribution in [2.45, 2.75) is 18.3 Å². The zero-order valence-electron chi connectivity index (χ0n) is 14.4. The average molecular weight is 446 g/mol. The molecule has 0 aliphatic carbocycles. The first-order valence-electron chi connectivity index (χ1n) is 8.53. The van der Waals surface area contributed by atoms with Crippen LogP contribution in [0.2, 0.25) is 0 Å². The maximum atomic E-state index is 12.0. The lowest BCUT2D eigenvalue weighted by molar-refractivity contribution is -0.111. The minimum atomic E-state index is -0.943. The number of fused-ring (bicyclic) bond motifs is 4. The Labute approximate surface area is 169 Å². The molecule has 2 aromatic rings. The summed E-state index contributed by atoms with van der Waals surface area (Å²) in [5.41, 5.74) is 3.06. The summed E-state index contributed by atoms with van der Waals surface area (Å²) in [5, 5.41) is 9.67. The van der Waals surface area contributed by atoms with Gasteiger partial charge in [-0.15, -0.1) is 0 Å². The van der Waals surface area contributed by atoms with Crippen LogP contribution in [0.15, 0.2) is 52.0 Å². The molecule has 3 heterocycles. The van der Waals surface area contributed by atoms with Gasteiger partial charge in [-0.1, -0.05) is 27.7 Å². The van der Waals surface area contributed by atoms with Gasteiger partial charge in [0, 0.05) is 16.5 Å². The maximum absolute atomic E-state index is 12.0. The van der Waals surface area contributed by atoms with Gasteiger partial charge in [-0.05, 0) is 48.0 Å². The summed E-state index contributed by atoms with van der Waals surface area (Å²) >= 11 is 4.77. The molecule has 3 aliphatic rings. The summed E-state index contributed by atoms with van der Waals surface area (Å²) < 4.78 is 12.5. The van der Waals surface area contributed by atoms with Gasteiger partial charge in [0.2, 0.25) is 0 Å². The molecule has 1 N–H and O–H groups in total. The Kier molecular flexibility index (Phi) is 3.87. The molecule has 0 saturated carbocycles. The number of hydrogen-bond acceptors (Lipinski definition) is 6. The van der Waals surface area contributed by atoms with E-state index < -0.39 is 5.85 Å². The molecule has 1 fully saturated rings. The molecule has 3 aliphatic heterocycles. The largest absolute Gasteiger partial charge is 0.497 e. The summed E-state index contributed by atoms with van der Waals surface area (Å²) in [6.45, 7) is 0. The number of carbonyl (C=O) groups excluding carboxylic acids is 1. The van der Waals surface area contributed by atoms with E-state index in [1.165, 1.54) is 11.8 Å². The van der Waals surface area contributed by atoms with E-state index in [9.17, 15) is 4.79 Å². The van der Waals surface area contributed by atoms with Crippen LogP contribution in [0, 0.1) is 0 Å². The van der Waals surface area contributed by atoms with E-state index in [-0.39, 0.29) is 11.3 Å². The third-order valence-corrected chi connectivity index (χ3v) is 6.40. The van der Waals surface area contributed by atoms with Crippen molar-refractivity contribution in [1.29, 1.82) is 0 Å². The van der Waals surface area contributed by atoms with Crippen molar-refractivity contribution in [3.05, 3.63) is 58.1 Å². The quantitative estimate of drug-likeness (QED) is 0.753. The Morgan fingerprint density at radius 3 is 2.85 bits per heavy atom. The topological polar surface area (TPSA) is 63.2 Å². The van der Waals surface area contributed by atoms with Gasteiger partial charge in [0.05, 0.1) is 24.6 Å². The smallest absolute Gasteiger partial charge is 0.289 e. The normalized spacial score (nSPS) is 25.6. The number of nitrogens with zero attached hydrogens (tertiary/aromatic N) is 2. The summed E-state index contributed by atoms with van der Waals surface area (Å²) in [7, 11) is 1.65. The molecule has 1 amide bonds. The van der Waals surface area contributed by atoms with Gasteiger partial charge in [0.1, 0.15) is 11.5 Å². The molecule has 6 nitrogen and oxygen atoms in total. The molecule has 2 aromatic carbocycles. The summed E-state index contributed by atoms with van der Waals surface area (Å²) in [6.07, 6.45) is 0.738. The summed E-state index contributed by atoms with van der Waals surface area (Å²) in [6, 6.07) is 13.8. The highest BCUT2D eigenvalue weighted by molar-refractivity contribution is 9.10. The third-order valence-electron chi connectivity index (χ3n) is 5.01. The predicted molar refractivity (Wildman–Crippen MR) is 107 cm³/mol. The molecule has 27 heavy (non-hydrogen) atoms. The third kappa shape index (κ3) is 2.70. The number of thioether (sulfide) groups is 1. The standard InChI is InChI=1S/C19H16BrN3O3S/c1-25-13-5-2-11(3-6-13)15-9-16-14-8-12(20)4-7-17(14)26-19(23(16)22-15)10-27-18(24)21-19/h2-8,16H,9-10H2,1H3,(H,21,24)/t16-,19-/m0/s1. The van der Waals surface area contributed by atoms with Gasteiger partial charge in [-0.25, -0.2) is 5.01 Å². The van der Waals surface area contributed by atoms with E-state index in [0.29, 0.717) is 5.75 Å². The van der Waals surface area contributed by atoms with Crippen LogP contribution in [0.5, 0.6) is 11.5 Å². The Balaban J connectivity index is 1.58. The lowest BCUT2D eigenvalue weighted by atomic mass is 9.96. The van der Waals surface area contributed by atoms with E-state index >= 15 is 0 Å². The molecule has 0 radical (unpaired) electrons. The van der Waals surface area contributed by atoms with Gasteiger partial charge in [-0.3, -0.25) is 10.1 Å². The second kappa shape index (κ2) is 6.17. The van der Waals surface area contributed by atoms with Gasteiger partial charge in [0.15, 0.2) is 0 Å². The molecule has 5 rings (SSSR count). The molecular weight excluding hydrogens is 430 g/mol. The van der Waals surface area contributed by atoms with Crippen LogP contribution in [-0.4, -0.2) is 34.7 Å². The van der Waals surface area contributed by atoms with Crippen molar-refractivity contribution in [3.8, 4) is 11.5 Å². The second-order valence-corrected chi connectivity index (χ2v) is 8.47. The molecule has 1 saturated heterocycles. The molecule has 0 bridgehead atoms. The molecular formula is C19H16BrN3O3S. The number of methoxy groups -OCH3 is 1. The Bertz CT molecular complexity index is 965. The average Bonchev–Trinajstić information content (AvgIpc) is 3.28. The number of rotatable bonds is 2. The van der Waals surface area contributed by atoms with Gasteiger partial charge < -0.3 is 9.47 Å². The number of nitrogens with one attached hydrogen (secondary N) is 1. The minimum Gasteiger partial charge on any atom is -0.497 e. The van der Waals surface area contributed by atoms with Crippen molar-refractivity contribution in [3.63, 3.8) is 0 Å². The van der Waals surface area contributed by atoms with Crippen molar-refractivity contribution >= 4 is 38.6 Å². The van der Waals surface area contributed by atoms with Crippen LogP contribution in [0.3, 0.4) is 0 Å². The second-order valence-electron chi connectivity index (χ2n) is 6.61. The lowest BCUT2D eigenvalue weighted by Gasteiger charge is -2.44. The molecule has 0 unspecified atom stereocenters. The minimum absolute atomic E-state index is 0.00218. The van der Waals surface area contributed by atoms with Crippen LogP contribution in [0.25, 0.3) is 0 Å². The first-order valence-corrected chi connectivity index (χ1v) is 10.3. The number of ether oxygens (including phenoxy) is 2. The van der Waals surface area contributed by atoms with Gasteiger partial charge in [-0.2, -0.15) is 5.10 Å². The molecule has 8 heteroatoms. The predicted octanol–water partition coefficient (Wildman–Crippen LogP) is 4.11. The Morgan fingerprint density at radius 1 is 1.33 bits per heavy atom. The van der Waals surface area contributed by atoms with Crippen LogP contribution in [0.4, 0.5) is 4.79 Å². The summed E-state index contributed by atoms with van der Waals surface area (Å²) in [4.78, 5) is 12.0. The number of hydrogen-bond donors (Lipinski definition) is 1. The van der Waals surface area contributed by atoms with Crippen LogP contribution < -0.4 is 14.8 Å². The zero-order chi connectivity index (χ0) is 18.6. The fourth-order valence-electron chi connectivity index (χ4n) is 3.72. The van der Waals surface area contributed by atoms with Crippen molar-refractivity contribution in [2.75, 3.05) is 12.9 Å². The molecule has 0 aromatic heterocycles. The van der Waals surface area contributed by atoms with Crippen molar-refractivity contribution in [1.82, 2.24) is 10.3 Å². The van der Waals surface area contributed by atoms with E-state index in [2.05, 4.69) is 27.3 Å². The zero-order valence-corrected chi connectivity index (χ0v) is 16.8. The lowest BCUT2D eigenvalue weighted by Crippen LogP contribution is -2.62. The van der Waals surface area contributed by atoms with Crippen molar-refractivity contribution < 1.29 is 14.3 Å². The molecule has 1 spiro atoms. The number of halogens is 1. The Hall–Kier alpha value is -2.19. The fourth-order valence-corrected chi connectivity index (χ4v) is 4.92. The number of hydrazone groups is 1. The van der Waals surface area contributed by atoms with E-state index in [1.54, 1.807) is 7.11 Å². The molecule has 2 atom stereocenters. The molecule has 138 valence electrons. The summed E-state index contributed by atoms with van der Waals surface area (Å²) in [5.74, 6) is 1.13. The van der Waals surface area contributed by atoms with Crippen LogP contribution in [-0.2, 0) is 0 Å². The fraction of sp³-hybridized carbons (Fsp3) is 0.263. The van der Waals surface area contributed by atoms with E-state index in [1.807, 2.05) is 41.4 Å². The number of benzene rings is 2. The highest BCUT2D eigenvalue weighted by atomic mass is 79.9. The number of amides is 1. The highest BCUT2D eigenvalue weighted by Gasteiger charge is 2.55. The number of carbonyl (C=O) groups is 1. The highest BCUT2D eigenvalue weighted by Crippen LogP contribution is 2.49. The van der Waals surface area contributed by atoms with E-state index in [4.69, 9.17) is 14.6 Å². The van der Waals surface area contributed by atoms with E-state index in [0.717, 1.165) is 39.2 Å². The first kappa shape index (κ1) is 16.9. The first-order chi connectivity index (χ1) is 13.1. The van der Waals surface area contributed by atoms with Gasteiger partial charge in [0.25, 0.3) is 11.1 Å². The monoisotopic (exact) mass is 445 g/mol. The van der Waals surface area contributed by atoms with Crippen molar-refractivity contribution in [2.24, 2.45) is 5.10 Å².